The highest BCUT2D eigenvalue weighted by atomic mass is 16.5. The van der Waals surface area contributed by atoms with Crippen molar-refractivity contribution in [3.63, 3.8) is 0 Å². The van der Waals surface area contributed by atoms with E-state index < -0.39 is 0 Å². The number of ether oxygens (including phenoxy) is 2. The van der Waals surface area contributed by atoms with E-state index in [9.17, 15) is 4.79 Å². The molecule has 4 rings (SSSR count). The topological polar surface area (TPSA) is 50.8 Å². The quantitative estimate of drug-likeness (QED) is 0.704. The summed E-state index contributed by atoms with van der Waals surface area (Å²) in [4.78, 5) is 14.6. The molecule has 1 heterocycles. The van der Waals surface area contributed by atoms with Crippen molar-refractivity contribution >= 4 is 23.1 Å². The largest absolute Gasteiger partial charge is 0.497 e. The Morgan fingerprint density at radius 1 is 0.880 bits per heavy atom. The molecule has 1 aliphatic heterocycles. The summed E-state index contributed by atoms with van der Waals surface area (Å²) in [6.45, 7) is 0. The van der Waals surface area contributed by atoms with Crippen LogP contribution in [0.4, 0.5) is 21.9 Å². The average molecular weight is 332 g/mol. The lowest BCUT2D eigenvalue weighted by molar-refractivity contribution is 0.258. The zero-order valence-electron chi connectivity index (χ0n) is 13.6. The Labute approximate surface area is 145 Å². The van der Waals surface area contributed by atoms with E-state index in [2.05, 4.69) is 5.32 Å². The van der Waals surface area contributed by atoms with E-state index in [0.717, 1.165) is 5.75 Å². The van der Waals surface area contributed by atoms with E-state index in [1.165, 1.54) is 0 Å². The van der Waals surface area contributed by atoms with Gasteiger partial charge >= 0.3 is 6.03 Å². The van der Waals surface area contributed by atoms with Crippen LogP contribution in [0.2, 0.25) is 0 Å². The summed E-state index contributed by atoms with van der Waals surface area (Å²) < 4.78 is 11.0. The van der Waals surface area contributed by atoms with Gasteiger partial charge in [0.05, 0.1) is 18.5 Å². The van der Waals surface area contributed by atoms with Crippen molar-refractivity contribution in [3.05, 3.63) is 72.8 Å². The third-order valence-electron chi connectivity index (χ3n) is 3.98. The molecule has 124 valence electrons. The van der Waals surface area contributed by atoms with E-state index in [-0.39, 0.29) is 6.03 Å². The minimum atomic E-state index is -0.256. The number of methoxy groups -OCH3 is 1. The first-order chi connectivity index (χ1) is 12.3. The summed E-state index contributed by atoms with van der Waals surface area (Å²) in [7, 11) is 1.61. The smallest absolute Gasteiger partial charge is 0.331 e. The fraction of sp³-hybridized carbons (Fsp3) is 0.0500. The van der Waals surface area contributed by atoms with Gasteiger partial charge in [0.1, 0.15) is 5.75 Å². The molecule has 0 aliphatic carbocycles. The lowest BCUT2D eigenvalue weighted by Gasteiger charge is -2.31. The van der Waals surface area contributed by atoms with Crippen LogP contribution in [0.25, 0.3) is 0 Å². The third kappa shape index (κ3) is 2.76. The number of anilines is 3. The number of nitrogens with one attached hydrogen (secondary N) is 1. The van der Waals surface area contributed by atoms with Crippen molar-refractivity contribution in [2.24, 2.45) is 0 Å². The molecule has 0 bridgehead atoms. The van der Waals surface area contributed by atoms with Crippen molar-refractivity contribution < 1.29 is 14.3 Å². The van der Waals surface area contributed by atoms with Crippen LogP contribution in [0.15, 0.2) is 72.8 Å². The van der Waals surface area contributed by atoms with Crippen LogP contribution in [-0.4, -0.2) is 13.1 Å². The van der Waals surface area contributed by atoms with Crippen LogP contribution in [0.1, 0.15) is 0 Å². The molecule has 3 aromatic rings. The molecule has 1 N–H and O–H groups in total. The summed E-state index contributed by atoms with van der Waals surface area (Å²) in [5.41, 5.74) is 2.09. The highest BCUT2D eigenvalue weighted by Gasteiger charge is 2.28. The van der Waals surface area contributed by atoms with Crippen LogP contribution in [0.5, 0.6) is 17.2 Å². The fourth-order valence-electron chi connectivity index (χ4n) is 2.78. The highest BCUT2D eigenvalue weighted by molar-refractivity contribution is 6.09. The number of carbonyl (C=O) groups excluding carboxylic acids is 1. The molecule has 0 aromatic heterocycles. The van der Waals surface area contributed by atoms with Gasteiger partial charge in [-0.3, -0.25) is 4.90 Å². The first-order valence-electron chi connectivity index (χ1n) is 7.87. The van der Waals surface area contributed by atoms with Crippen molar-refractivity contribution in [2.75, 3.05) is 17.3 Å². The lowest BCUT2D eigenvalue weighted by Crippen LogP contribution is -2.32. The maximum Gasteiger partial charge on any atom is 0.331 e. The van der Waals surface area contributed by atoms with Crippen molar-refractivity contribution in [2.45, 2.75) is 0 Å². The molecule has 5 nitrogen and oxygen atoms in total. The van der Waals surface area contributed by atoms with Gasteiger partial charge in [-0.25, -0.2) is 4.79 Å². The monoisotopic (exact) mass is 332 g/mol. The zero-order chi connectivity index (χ0) is 17.2. The summed E-state index contributed by atoms with van der Waals surface area (Å²) in [6, 6.07) is 21.9. The third-order valence-corrected chi connectivity index (χ3v) is 3.98. The van der Waals surface area contributed by atoms with Crippen molar-refractivity contribution in [1.29, 1.82) is 0 Å². The second-order valence-corrected chi connectivity index (χ2v) is 5.53. The number of nitrogens with zero attached hydrogens (tertiary/aromatic N) is 1. The molecule has 3 aromatic carbocycles. The predicted molar refractivity (Wildman–Crippen MR) is 97.1 cm³/mol. The number of carbonyl (C=O) groups is 1. The first-order valence-corrected chi connectivity index (χ1v) is 7.87. The van der Waals surface area contributed by atoms with Gasteiger partial charge in [-0.1, -0.05) is 24.3 Å². The second-order valence-electron chi connectivity index (χ2n) is 5.53. The molecule has 0 unspecified atom stereocenters. The van der Waals surface area contributed by atoms with Gasteiger partial charge in [-0.15, -0.1) is 0 Å². The number of benzene rings is 3. The molecular weight excluding hydrogens is 316 g/mol. The number of amides is 2. The van der Waals surface area contributed by atoms with Gasteiger partial charge < -0.3 is 14.8 Å². The predicted octanol–water partition coefficient (Wildman–Crippen LogP) is 5.17. The van der Waals surface area contributed by atoms with E-state index >= 15 is 0 Å². The molecule has 0 radical (unpaired) electrons. The summed E-state index contributed by atoms with van der Waals surface area (Å²) >= 11 is 0. The Morgan fingerprint density at radius 3 is 2.00 bits per heavy atom. The van der Waals surface area contributed by atoms with Crippen molar-refractivity contribution in [3.8, 4) is 17.2 Å². The number of hydrogen-bond acceptors (Lipinski definition) is 3. The Morgan fingerprint density at radius 2 is 1.44 bits per heavy atom. The minimum absolute atomic E-state index is 0.256. The number of fused-ring (bicyclic) bond motifs is 2. The molecule has 1 aliphatic rings. The average Bonchev–Trinajstić information content (AvgIpc) is 2.66. The Hall–Kier alpha value is -3.47. The van der Waals surface area contributed by atoms with Crippen LogP contribution < -0.4 is 19.7 Å². The van der Waals surface area contributed by atoms with Crippen LogP contribution >= 0.6 is 0 Å². The van der Waals surface area contributed by atoms with Crippen LogP contribution in [0, 0.1) is 0 Å². The maximum absolute atomic E-state index is 13.0. The summed E-state index contributed by atoms with van der Waals surface area (Å²) in [5.74, 6) is 2.03. The van der Waals surface area contributed by atoms with Gasteiger partial charge in [-0.2, -0.15) is 0 Å². The molecule has 0 saturated carbocycles. The first kappa shape index (κ1) is 15.1. The van der Waals surface area contributed by atoms with Gasteiger partial charge in [0, 0.05) is 5.69 Å². The fourth-order valence-corrected chi connectivity index (χ4v) is 2.78. The van der Waals surface area contributed by atoms with Crippen LogP contribution in [-0.2, 0) is 0 Å². The number of para-hydroxylation sites is 4. The normalized spacial score (nSPS) is 11.8. The Bertz CT molecular complexity index is 877. The maximum atomic E-state index is 13.0. The highest BCUT2D eigenvalue weighted by Crippen LogP contribution is 2.46. The number of urea groups is 1. The van der Waals surface area contributed by atoms with E-state index in [1.54, 1.807) is 36.3 Å². The standard InChI is InChI=1S/C20H16N2O3/c1-24-15-12-10-14(11-13-15)21-20(23)22-16-6-2-4-8-18(16)25-19-9-5-3-7-17(19)22/h2-13H,1H3,(H,21,23). The second kappa shape index (κ2) is 6.20. The molecule has 2 amide bonds. The zero-order valence-corrected chi connectivity index (χ0v) is 13.6. The summed E-state index contributed by atoms with van der Waals surface area (Å²) in [5, 5.41) is 2.92. The molecule has 0 fully saturated rings. The molecule has 25 heavy (non-hydrogen) atoms. The Kier molecular flexibility index (Phi) is 3.74. The van der Waals surface area contributed by atoms with Gasteiger partial charge in [0.15, 0.2) is 11.5 Å². The minimum Gasteiger partial charge on any atom is -0.497 e. The molecule has 0 spiro atoms. The molecule has 0 atom stereocenters. The van der Waals surface area contributed by atoms with Crippen LogP contribution in [0.3, 0.4) is 0 Å². The van der Waals surface area contributed by atoms with E-state index in [4.69, 9.17) is 9.47 Å². The van der Waals surface area contributed by atoms with Crippen molar-refractivity contribution in [1.82, 2.24) is 0 Å². The number of hydrogen-bond donors (Lipinski definition) is 1. The molecule has 0 saturated heterocycles. The molecular formula is C20H16N2O3. The van der Waals surface area contributed by atoms with Gasteiger partial charge in [0.25, 0.3) is 0 Å². The summed E-state index contributed by atoms with van der Waals surface area (Å²) in [6.07, 6.45) is 0. The van der Waals surface area contributed by atoms with Gasteiger partial charge in [-0.05, 0) is 48.5 Å². The van der Waals surface area contributed by atoms with Gasteiger partial charge in [0.2, 0.25) is 0 Å². The van der Waals surface area contributed by atoms with E-state index in [1.807, 2.05) is 48.5 Å². The number of rotatable bonds is 2. The molecule has 5 heteroatoms. The van der Waals surface area contributed by atoms with E-state index in [0.29, 0.717) is 28.6 Å². The lowest BCUT2D eigenvalue weighted by atomic mass is 10.1. The SMILES string of the molecule is COc1ccc(NC(=O)N2c3ccccc3Oc3ccccc32)cc1. The Balaban J connectivity index is 1.70.